The molecular weight excluding hydrogens is 198 g/mol. The second kappa shape index (κ2) is 6.30. The molecule has 14 heavy (non-hydrogen) atoms. The average Bonchev–Trinajstić information content (AvgIpc) is 2.01. The van der Waals surface area contributed by atoms with Gasteiger partial charge in [-0.2, -0.15) is 11.8 Å². The Morgan fingerprint density at radius 1 is 1.36 bits per heavy atom. The molecule has 0 bridgehead atoms. The molecule has 0 aromatic carbocycles. The van der Waals surface area contributed by atoms with E-state index in [0.717, 1.165) is 12.3 Å². The van der Waals surface area contributed by atoms with Crippen molar-refractivity contribution >= 4 is 17.7 Å². The number of hydrogen-bond donors (Lipinski definition) is 1. The molecule has 0 unspecified atom stereocenters. The van der Waals surface area contributed by atoms with Crippen molar-refractivity contribution in [1.29, 1.82) is 0 Å². The molecular formula is C10H21NO2S. The second-order valence-electron chi connectivity index (χ2n) is 4.29. The zero-order valence-corrected chi connectivity index (χ0v) is 10.4. The van der Waals surface area contributed by atoms with Gasteiger partial charge >= 0.3 is 5.97 Å². The zero-order valence-electron chi connectivity index (χ0n) is 9.54. The molecule has 0 aliphatic heterocycles. The van der Waals surface area contributed by atoms with E-state index in [0.29, 0.717) is 6.54 Å². The lowest BCUT2D eigenvalue weighted by molar-refractivity contribution is -0.137. The lowest BCUT2D eigenvalue weighted by Gasteiger charge is -2.35. The Kier molecular flexibility index (Phi) is 6.20. The lowest BCUT2D eigenvalue weighted by atomic mass is 10.1. The molecule has 0 aliphatic carbocycles. The van der Waals surface area contributed by atoms with E-state index in [1.165, 1.54) is 0 Å². The topological polar surface area (TPSA) is 40.5 Å². The van der Waals surface area contributed by atoms with E-state index < -0.39 is 5.97 Å². The first-order chi connectivity index (χ1) is 6.38. The summed E-state index contributed by atoms with van der Waals surface area (Å²) in [5, 5.41) is 8.62. The van der Waals surface area contributed by atoms with Crippen LogP contribution in [0.25, 0.3) is 0 Å². The minimum absolute atomic E-state index is 0.0607. The highest BCUT2D eigenvalue weighted by molar-refractivity contribution is 7.98. The van der Waals surface area contributed by atoms with Gasteiger partial charge in [-0.3, -0.25) is 9.69 Å². The predicted molar refractivity (Wildman–Crippen MR) is 62.0 cm³/mol. The van der Waals surface area contributed by atoms with Gasteiger partial charge < -0.3 is 5.11 Å². The van der Waals surface area contributed by atoms with Crippen LogP contribution in [-0.4, -0.2) is 46.6 Å². The summed E-state index contributed by atoms with van der Waals surface area (Å²) < 4.78 is 0. The van der Waals surface area contributed by atoms with Crippen molar-refractivity contribution < 1.29 is 9.90 Å². The van der Waals surface area contributed by atoms with E-state index in [1.807, 2.05) is 0 Å². The predicted octanol–water partition coefficient (Wildman–Crippen LogP) is 1.92. The fourth-order valence-corrected chi connectivity index (χ4v) is 1.62. The van der Waals surface area contributed by atoms with Crippen LogP contribution in [0.3, 0.4) is 0 Å². The van der Waals surface area contributed by atoms with Crippen LogP contribution in [0.15, 0.2) is 0 Å². The third-order valence-corrected chi connectivity index (χ3v) is 2.70. The molecule has 0 radical (unpaired) electrons. The maximum Gasteiger partial charge on any atom is 0.304 e. The lowest BCUT2D eigenvalue weighted by Crippen LogP contribution is -2.43. The fourth-order valence-electron chi connectivity index (χ4n) is 1.21. The van der Waals surface area contributed by atoms with Gasteiger partial charge in [0.25, 0.3) is 0 Å². The van der Waals surface area contributed by atoms with E-state index in [9.17, 15) is 4.79 Å². The van der Waals surface area contributed by atoms with Crippen molar-refractivity contribution in [2.45, 2.75) is 32.7 Å². The minimum atomic E-state index is -0.719. The number of carboxylic acid groups (broad SMARTS) is 1. The summed E-state index contributed by atoms with van der Waals surface area (Å²) in [7, 11) is 0. The van der Waals surface area contributed by atoms with E-state index in [1.54, 1.807) is 11.8 Å². The Bertz CT molecular complexity index is 177. The number of carbonyl (C=O) groups is 1. The highest BCUT2D eigenvalue weighted by Crippen LogP contribution is 2.14. The smallest absolute Gasteiger partial charge is 0.304 e. The molecule has 0 aromatic rings. The number of hydrogen-bond acceptors (Lipinski definition) is 3. The molecule has 0 aliphatic rings. The molecule has 3 nitrogen and oxygen atoms in total. The molecule has 0 fully saturated rings. The summed E-state index contributed by atoms with van der Waals surface area (Å²) in [6.45, 7) is 7.96. The molecule has 0 rings (SSSR count). The Hall–Kier alpha value is -0.220. The third-order valence-electron chi connectivity index (χ3n) is 2.11. The van der Waals surface area contributed by atoms with Gasteiger partial charge in [-0.15, -0.1) is 0 Å². The van der Waals surface area contributed by atoms with Crippen molar-refractivity contribution in [2.75, 3.05) is 25.1 Å². The van der Waals surface area contributed by atoms with Gasteiger partial charge in [0.1, 0.15) is 0 Å². The Balaban J connectivity index is 4.04. The van der Waals surface area contributed by atoms with Crippen LogP contribution >= 0.6 is 11.8 Å². The number of thioether (sulfide) groups is 1. The van der Waals surface area contributed by atoms with Crippen LogP contribution in [0, 0.1) is 0 Å². The molecule has 0 atom stereocenters. The number of aliphatic carboxylic acids is 1. The van der Waals surface area contributed by atoms with Gasteiger partial charge in [0.15, 0.2) is 0 Å². The summed E-state index contributed by atoms with van der Waals surface area (Å²) in [6.07, 6.45) is 2.30. The molecule has 0 spiro atoms. The van der Waals surface area contributed by atoms with Gasteiger partial charge in [-0.05, 0) is 27.0 Å². The van der Waals surface area contributed by atoms with Crippen LogP contribution in [0.5, 0.6) is 0 Å². The normalized spacial score (nSPS) is 12.1. The van der Waals surface area contributed by atoms with Crippen LogP contribution in [0.1, 0.15) is 27.2 Å². The zero-order chi connectivity index (χ0) is 11.2. The third kappa shape index (κ3) is 6.27. The van der Waals surface area contributed by atoms with Crippen molar-refractivity contribution in [3.8, 4) is 0 Å². The van der Waals surface area contributed by atoms with Crippen LogP contribution in [-0.2, 0) is 4.79 Å². The number of carboxylic acids is 1. The summed E-state index contributed by atoms with van der Waals surface area (Å²) in [5.41, 5.74) is 0.0607. The molecule has 0 heterocycles. The molecule has 0 saturated carbocycles. The highest BCUT2D eigenvalue weighted by Gasteiger charge is 2.20. The Labute approximate surface area is 90.9 Å². The van der Waals surface area contributed by atoms with E-state index in [2.05, 4.69) is 31.9 Å². The first-order valence-electron chi connectivity index (χ1n) is 4.83. The number of rotatable bonds is 6. The van der Waals surface area contributed by atoms with E-state index >= 15 is 0 Å². The summed E-state index contributed by atoms with van der Waals surface area (Å²) in [4.78, 5) is 12.7. The Morgan fingerprint density at radius 2 is 1.93 bits per heavy atom. The minimum Gasteiger partial charge on any atom is -0.481 e. The first-order valence-corrected chi connectivity index (χ1v) is 6.23. The second-order valence-corrected chi connectivity index (χ2v) is 5.28. The highest BCUT2D eigenvalue weighted by atomic mass is 32.2. The molecule has 4 heteroatoms. The first kappa shape index (κ1) is 13.8. The maximum atomic E-state index is 10.5. The molecule has 1 N–H and O–H groups in total. The molecule has 84 valence electrons. The average molecular weight is 219 g/mol. The molecule has 0 amide bonds. The SMILES string of the molecule is CSCCN(CCC(=O)O)C(C)(C)C. The van der Waals surface area contributed by atoms with Gasteiger partial charge in [-0.1, -0.05) is 0 Å². The van der Waals surface area contributed by atoms with Gasteiger partial charge in [0.2, 0.25) is 0 Å². The van der Waals surface area contributed by atoms with Crippen molar-refractivity contribution in [3.63, 3.8) is 0 Å². The summed E-state index contributed by atoms with van der Waals surface area (Å²) in [5.74, 6) is 0.333. The molecule has 0 aromatic heterocycles. The largest absolute Gasteiger partial charge is 0.481 e. The monoisotopic (exact) mass is 219 g/mol. The number of nitrogens with zero attached hydrogens (tertiary/aromatic N) is 1. The van der Waals surface area contributed by atoms with Crippen LogP contribution < -0.4 is 0 Å². The summed E-state index contributed by atoms with van der Waals surface area (Å²) >= 11 is 1.79. The van der Waals surface area contributed by atoms with Crippen molar-refractivity contribution in [2.24, 2.45) is 0 Å². The van der Waals surface area contributed by atoms with E-state index in [-0.39, 0.29) is 12.0 Å². The quantitative estimate of drug-likeness (QED) is 0.741. The standard InChI is InChI=1S/C10H21NO2S/c1-10(2,3)11(7-8-14-4)6-5-9(12)13/h5-8H2,1-4H3,(H,12,13). The van der Waals surface area contributed by atoms with E-state index in [4.69, 9.17) is 5.11 Å². The van der Waals surface area contributed by atoms with Crippen molar-refractivity contribution in [3.05, 3.63) is 0 Å². The van der Waals surface area contributed by atoms with Gasteiger partial charge in [0.05, 0.1) is 6.42 Å². The van der Waals surface area contributed by atoms with Crippen LogP contribution in [0.2, 0.25) is 0 Å². The Morgan fingerprint density at radius 3 is 2.29 bits per heavy atom. The van der Waals surface area contributed by atoms with Gasteiger partial charge in [0, 0.05) is 24.4 Å². The summed E-state index contributed by atoms with van der Waals surface area (Å²) in [6, 6.07) is 0. The molecule has 0 saturated heterocycles. The van der Waals surface area contributed by atoms with Crippen LogP contribution in [0.4, 0.5) is 0 Å². The van der Waals surface area contributed by atoms with Crippen molar-refractivity contribution in [1.82, 2.24) is 4.90 Å². The fraction of sp³-hybridized carbons (Fsp3) is 0.900. The van der Waals surface area contributed by atoms with Gasteiger partial charge in [-0.25, -0.2) is 0 Å². The maximum absolute atomic E-state index is 10.5.